The van der Waals surface area contributed by atoms with E-state index in [4.69, 9.17) is 9.47 Å². The van der Waals surface area contributed by atoms with Gasteiger partial charge in [-0.3, -0.25) is 10.2 Å². The molecule has 2 saturated heterocycles. The maximum atomic E-state index is 13.2. The number of carbonyl (C=O) groups excluding carboxylic acids is 2. The maximum absolute atomic E-state index is 13.2. The Bertz CT molecular complexity index is 763. The standard InChI is InChI=1S/C20H26BrFN2O4/c1-19(2,3)28-18(26)24-14-5-4-9-20(24,10-8-14)12-27-17(25)23-16-7-6-13(22)11-15(16)21/h6-7,11,14H,4-5,8-10,12H2,1-3H3,(H,23,25)/t14-,20+/m1/s1. The summed E-state index contributed by atoms with van der Waals surface area (Å²) in [6.07, 6.45) is 3.38. The lowest BCUT2D eigenvalue weighted by Gasteiger charge is -2.44. The number of fused-ring (bicyclic) bond motifs is 2. The minimum atomic E-state index is -0.639. The normalized spacial score (nSPS) is 24.0. The third kappa shape index (κ3) is 4.59. The van der Waals surface area contributed by atoms with Gasteiger partial charge in [0.25, 0.3) is 0 Å². The zero-order valence-electron chi connectivity index (χ0n) is 16.4. The largest absolute Gasteiger partial charge is 0.447 e. The lowest BCUT2D eigenvalue weighted by Crippen LogP contribution is -2.57. The number of nitrogens with zero attached hydrogens (tertiary/aromatic N) is 1. The summed E-state index contributed by atoms with van der Waals surface area (Å²) in [7, 11) is 0. The average Bonchev–Trinajstić information content (AvgIpc) is 2.81. The number of amides is 2. The van der Waals surface area contributed by atoms with E-state index in [0.29, 0.717) is 10.2 Å². The topological polar surface area (TPSA) is 67.9 Å². The lowest BCUT2D eigenvalue weighted by molar-refractivity contribution is -0.0313. The first kappa shape index (κ1) is 20.9. The number of rotatable bonds is 3. The van der Waals surface area contributed by atoms with Gasteiger partial charge >= 0.3 is 12.2 Å². The van der Waals surface area contributed by atoms with Crippen LogP contribution in [0.15, 0.2) is 22.7 Å². The highest BCUT2D eigenvalue weighted by Crippen LogP contribution is 2.45. The summed E-state index contributed by atoms with van der Waals surface area (Å²) in [6, 6.07) is 4.10. The van der Waals surface area contributed by atoms with Gasteiger partial charge in [0, 0.05) is 10.5 Å². The first-order chi connectivity index (χ1) is 13.1. The molecule has 2 heterocycles. The number of halogens is 2. The van der Waals surface area contributed by atoms with Gasteiger partial charge in [-0.15, -0.1) is 0 Å². The Balaban J connectivity index is 1.67. The molecule has 0 spiro atoms. The Morgan fingerprint density at radius 2 is 2.07 bits per heavy atom. The zero-order valence-corrected chi connectivity index (χ0v) is 18.0. The predicted molar refractivity (Wildman–Crippen MR) is 107 cm³/mol. The van der Waals surface area contributed by atoms with Crippen molar-refractivity contribution in [2.45, 2.75) is 70.1 Å². The van der Waals surface area contributed by atoms with E-state index in [1.165, 1.54) is 18.2 Å². The van der Waals surface area contributed by atoms with Gasteiger partial charge in [-0.1, -0.05) is 0 Å². The molecule has 0 unspecified atom stereocenters. The average molecular weight is 457 g/mol. The third-order valence-electron chi connectivity index (χ3n) is 5.23. The van der Waals surface area contributed by atoms with Crippen LogP contribution in [0.25, 0.3) is 0 Å². The number of hydrogen-bond donors (Lipinski definition) is 1. The van der Waals surface area contributed by atoms with E-state index in [1.807, 2.05) is 20.8 Å². The molecule has 2 amide bonds. The summed E-state index contributed by atoms with van der Waals surface area (Å²) in [6.45, 7) is 5.63. The van der Waals surface area contributed by atoms with Crippen molar-refractivity contribution in [2.75, 3.05) is 11.9 Å². The quantitative estimate of drug-likeness (QED) is 0.655. The highest BCUT2D eigenvalue weighted by atomic mass is 79.9. The van der Waals surface area contributed by atoms with Gasteiger partial charge in [0.15, 0.2) is 0 Å². The molecule has 2 aliphatic rings. The number of nitrogens with one attached hydrogen (secondary N) is 1. The fourth-order valence-corrected chi connectivity index (χ4v) is 4.51. The summed E-state index contributed by atoms with van der Waals surface area (Å²) in [5.41, 5.74) is -0.689. The fourth-order valence-electron chi connectivity index (χ4n) is 4.06. The summed E-state index contributed by atoms with van der Waals surface area (Å²) in [5.74, 6) is -0.406. The van der Waals surface area contributed by atoms with Crippen LogP contribution in [0.1, 0.15) is 52.9 Å². The second-order valence-electron chi connectivity index (χ2n) is 8.48. The maximum Gasteiger partial charge on any atom is 0.411 e. The van der Waals surface area contributed by atoms with Crippen LogP contribution < -0.4 is 5.32 Å². The molecule has 3 rings (SSSR count). The van der Waals surface area contributed by atoms with E-state index in [0.717, 1.165) is 32.1 Å². The number of ether oxygens (including phenoxy) is 2. The molecule has 1 aromatic carbocycles. The molecule has 2 fully saturated rings. The van der Waals surface area contributed by atoms with Crippen molar-refractivity contribution in [1.82, 2.24) is 4.90 Å². The Hall–Kier alpha value is -1.83. The van der Waals surface area contributed by atoms with Crippen LogP contribution >= 0.6 is 15.9 Å². The van der Waals surface area contributed by atoms with Crippen LogP contribution in [0.2, 0.25) is 0 Å². The van der Waals surface area contributed by atoms with E-state index < -0.39 is 23.1 Å². The summed E-state index contributed by atoms with van der Waals surface area (Å²) >= 11 is 3.21. The molecule has 0 radical (unpaired) electrons. The molecule has 2 aliphatic heterocycles. The van der Waals surface area contributed by atoms with Crippen LogP contribution in [0.5, 0.6) is 0 Å². The van der Waals surface area contributed by atoms with E-state index in [2.05, 4.69) is 21.2 Å². The molecule has 28 heavy (non-hydrogen) atoms. The minimum absolute atomic E-state index is 0.105. The van der Waals surface area contributed by atoms with Gasteiger partial charge in [0.1, 0.15) is 18.0 Å². The van der Waals surface area contributed by atoms with E-state index in [9.17, 15) is 14.0 Å². The fraction of sp³-hybridized carbons (Fsp3) is 0.600. The zero-order chi connectivity index (χ0) is 20.5. The molecule has 0 aliphatic carbocycles. The van der Waals surface area contributed by atoms with Crippen LogP contribution in [-0.2, 0) is 9.47 Å². The monoisotopic (exact) mass is 456 g/mol. The Labute approximate surface area is 172 Å². The minimum Gasteiger partial charge on any atom is -0.447 e. The van der Waals surface area contributed by atoms with Crippen LogP contribution in [-0.4, -0.2) is 40.9 Å². The molecular weight excluding hydrogens is 431 g/mol. The van der Waals surface area contributed by atoms with Crippen molar-refractivity contribution in [3.8, 4) is 0 Å². The molecule has 154 valence electrons. The predicted octanol–water partition coefficient (Wildman–Crippen LogP) is 5.46. The van der Waals surface area contributed by atoms with Crippen LogP contribution in [0, 0.1) is 5.82 Å². The van der Waals surface area contributed by atoms with Gasteiger partial charge in [-0.2, -0.15) is 0 Å². The van der Waals surface area contributed by atoms with Crippen LogP contribution in [0.4, 0.5) is 19.7 Å². The molecule has 1 aromatic rings. The van der Waals surface area contributed by atoms with Crippen molar-refractivity contribution in [2.24, 2.45) is 0 Å². The van der Waals surface area contributed by atoms with Gasteiger partial charge in [0.05, 0.1) is 11.2 Å². The summed E-state index contributed by atoms with van der Waals surface area (Å²) < 4.78 is 24.7. The number of hydrogen-bond acceptors (Lipinski definition) is 4. The number of anilines is 1. The van der Waals surface area contributed by atoms with Crippen molar-refractivity contribution < 1.29 is 23.5 Å². The van der Waals surface area contributed by atoms with E-state index in [1.54, 1.807) is 4.90 Å². The first-order valence-electron chi connectivity index (χ1n) is 9.51. The highest BCUT2D eigenvalue weighted by Gasteiger charge is 2.53. The molecule has 2 bridgehead atoms. The second kappa shape index (κ2) is 7.89. The molecule has 8 heteroatoms. The summed E-state index contributed by atoms with van der Waals surface area (Å²) in [5, 5.41) is 2.60. The number of benzene rings is 1. The van der Waals surface area contributed by atoms with Crippen molar-refractivity contribution >= 4 is 33.8 Å². The van der Waals surface area contributed by atoms with Gasteiger partial charge in [-0.05, 0) is 87.0 Å². The van der Waals surface area contributed by atoms with E-state index in [-0.39, 0.29) is 18.7 Å². The third-order valence-corrected chi connectivity index (χ3v) is 5.88. The van der Waals surface area contributed by atoms with Gasteiger partial charge in [-0.25, -0.2) is 14.0 Å². The molecule has 2 atom stereocenters. The SMILES string of the molecule is CC(C)(C)OC(=O)N1[C@@H]2CCC[C@@]1(COC(=O)Nc1ccc(F)cc1Br)CC2. The van der Waals surface area contributed by atoms with E-state index >= 15 is 0 Å². The molecule has 1 N–H and O–H groups in total. The van der Waals surface area contributed by atoms with Gasteiger partial charge in [0.2, 0.25) is 0 Å². The van der Waals surface area contributed by atoms with Crippen molar-refractivity contribution in [3.63, 3.8) is 0 Å². The molecule has 0 aromatic heterocycles. The van der Waals surface area contributed by atoms with Crippen LogP contribution in [0.3, 0.4) is 0 Å². The summed E-state index contributed by atoms with van der Waals surface area (Å²) in [4.78, 5) is 26.9. The second-order valence-corrected chi connectivity index (χ2v) is 9.34. The van der Waals surface area contributed by atoms with Crippen molar-refractivity contribution in [1.29, 1.82) is 0 Å². The Kier molecular flexibility index (Phi) is 5.89. The van der Waals surface area contributed by atoms with Crippen molar-refractivity contribution in [3.05, 3.63) is 28.5 Å². The number of carbonyl (C=O) groups is 2. The Morgan fingerprint density at radius 1 is 1.32 bits per heavy atom. The number of piperidine rings is 1. The molecular formula is C20H26BrFN2O4. The lowest BCUT2D eigenvalue weighted by atomic mass is 9.89. The highest BCUT2D eigenvalue weighted by molar-refractivity contribution is 9.10. The first-order valence-corrected chi connectivity index (χ1v) is 10.3. The molecule has 0 saturated carbocycles. The Morgan fingerprint density at radius 3 is 2.75 bits per heavy atom. The van der Waals surface area contributed by atoms with Gasteiger partial charge < -0.3 is 9.47 Å². The smallest absolute Gasteiger partial charge is 0.411 e. The molecule has 6 nitrogen and oxygen atoms in total.